The fourth-order valence-electron chi connectivity index (χ4n) is 3.08. The lowest BCUT2D eigenvalue weighted by Crippen LogP contribution is -2.28. The molecule has 3 heterocycles. The molecule has 2 aromatic heterocycles. The average Bonchev–Trinajstić information content (AvgIpc) is 3.04. The van der Waals surface area contributed by atoms with Crippen molar-refractivity contribution < 1.29 is 22.6 Å². The van der Waals surface area contributed by atoms with Gasteiger partial charge in [-0.3, -0.25) is 0 Å². The SMILES string of the molecule is CC1(C)O[C@H]2[C@H](n3cnc4c(F)cnc(F)c43)C(F)=C[C@H]2O1. The molecule has 22 heavy (non-hydrogen) atoms. The van der Waals surface area contributed by atoms with Crippen LogP contribution in [0.1, 0.15) is 19.9 Å². The second-order valence-corrected chi connectivity index (χ2v) is 5.81. The molecule has 5 nitrogen and oxygen atoms in total. The Labute approximate surface area is 123 Å². The van der Waals surface area contributed by atoms with Gasteiger partial charge in [0.05, 0.1) is 12.5 Å². The van der Waals surface area contributed by atoms with Crippen LogP contribution in [0.5, 0.6) is 0 Å². The zero-order valence-electron chi connectivity index (χ0n) is 11.8. The van der Waals surface area contributed by atoms with Gasteiger partial charge in [-0.05, 0) is 19.9 Å². The van der Waals surface area contributed by atoms with E-state index in [1.165, 1.54) is 17.0 Å². The van der Waals surface area contributed by atoms with Crippen molar-refractivity contribution in [3.8, 4) is 0 Å². The third kappa shape index (κ3) is 1.80. The molecule has 1 fully saturated rings. The summed E-state index contributed by atoms with van der Waals surface area (Å²) in [4.78, 5) is 7.16. The largest absolute Gasteiger partial charge is 0.342 e. The fourth-order valence-corrected chi connectivity index (χ4v) is 3.08. The summed E-state index contributed by atoms with van der Waals surface area (Å²) < 4.78 is 54.5. The number of pyridine rings is 1. The fraction of sp³-hybridized carbons (Fsp3) is 0.429. The minimum Gasteiger partial charge on any atom is -0.342 e. The van der Waals surface area contributed by atoms with Gasteiger partial charge in [0.1, 0.15) is 35.1 Å². The van der Waals surface area contributed by atoms with Crippen LogP contribution in [0.25, 0.3) is 11.0 Å². The van der Waals surface area contributed by atoms with Gasteiger partial charge in [-0.25, -0.2) is 18.7 Å². The van der Waals surface area contributed by atoms with E-state index in [0.717, 1.165) is 6.20 Å². The first-order valence-electron chi connectivity index (χ1n) is 6.77. The van der Waals surface area contributed by atoms with Crippen molar-refractivity contribution >= 4 is 11.0 Å². The van der Waals surface area contributed by atoms with E-state index < -0.39 is 41.6 Å². The van der Waals surface area contributed by atoms with Crippen molar-refractivity contribution in [2.75, 3.05) is 0 Å². The molecule has 2 aromatic rings. The van der Waals surface area contributed by atoms with Crippen LogP contribution in [-0.4, -0.2) is 32.5 Å². The molecule has 0 aromatic carbocycles. The molecule has 0 bridgehead atoms. The Morgan fingerprint density at radius 1 is 1.18 bits per heavy atom. The summed E-state index contributed by atoms with van der Waals surface area (Å²) in [6, 6.07) is -0.963. The van der Waals surface area contributed by atoms with Crippen LogP contribution < -0.4 is 0 Å². The second kappa shape index (κ2) is 4.30. The molecule has 4 rings (SSSR count). The van der Waals surface area contributed by atoms with E-state index >= 15 is 0 Å². The van der Waals surface area contributed by atoms with Crippen molar-refractivity contribution in [3.05, 3.63) is 36.2 Å². The lowest BCUT2D eigenvalue weighted by molar-refractivity contribution is -0.148. The number of fused-ring (bicyclic) bond motifs is 2. The number of aromatic nitrogens is 3. The van der Waals surface area contributed by atoms with Crippen LogP contribution in [0.15, 0.2) is 24.4 Å². The Bertz CT molecular complexity index is 802. The van der Waals surface area contributed by atoms with Crippen LogP contribution in [0.2, 0.25) is 0 Å². The first-order valence-corrected chi connectivity index (χ1v) is 6.77. The number of halogens is 3. The number of nitrogens with zero attached hydrogens (tertiary/aromatic N) is 3. The lowest BCUT2D eigenvalue weighted by Gasteiger charge is -2.22. The predicted molar refractivity (Wildman–Crippen MR) is 69.5 cm³/mol. The maximum absolute atomic E-state index is 14.3. The third-order valence-electron chi connectivity index (χ3n) is 3.89. The Kier molecular flexibility index (Phi) is 2.68. The molecule has 3 atom stereocenters. The van der Waals surface area contributed by atoms with Crippen molar-refractivity contribution in [1.29, 1.82) is 0 Å². The van der Waals surface area contributed by atoms with Crippen LogP contribution in [0, 0.1) is 11.8 Å². The minimum atomic E-state index is -0.963. The van der Waals surface area contributed by atoms with E-state index in [2.05, 4.69) is 9.97 Å². The smallest absolute Gasteiger partial charge is 0.239 e. The Hall–Kier alpha value is -1.93. The summed E-state index contributed by atoms with van der Waals surface area (Å²) in [5.41, 5.74) is -0.385. The average molecular weight is 311 g/mol. The zero-order valence-corrected chi connectivity index (χ0v) is 11.8. The Balaban J connectivity index is 1.86. The van der Waals surface area contributed by atoms with Gasteiger partial charge < -0.3 is 14.0 Å². The van der Waals surface area contributed by atoms with Crippen LogP contribution in [0.4, 0.5) is 13.2 Å². The van der Waals surface area contributed by atoms with Gasteiger partial charge in [-0.2, -0.15) is 4.39 Å². The third-order valence-corrected chi connectivity index (χ3v) is 3.89. The lowest BCUT2D eigenvalue weighted by atomic mass is 10.1. The number of hydrogen-bond donors (Lipinski definition) is 0. The molecule has 8 heteroatoms. The summed E-state index contributed by atoms with van der Waals surface area (Å²) in [5.74, 6) is -3.08. The number of imidazole rings is 1. The van der Waals surface area contributed by atoms with Gasteiger partial charge >= 0.3 is 0 Å². The van der Waals surface area contributed by atoms with E-state index in [-0.39, 0.29) is 11.0 Å². The first-order chi connectivity index (χ1) is 10.4. The quantitative estimate of drug-likeness (QED) is 0.760. The summed E-state index contributed by atoms with van der Waals surface area (Å²) in [6.45, 7) is 3.42. The first kappa shape index (κ1) is 13.7. The van der Waals surface area contributed by atoms with E-state index in [4.69, 9.17) is 9.47 Å². The second-order valence-electron chi connectivity index (χ2n) is 5.81. The summed E-state index contributed by atoms with van der Waals surface area (Å²) in [6.07, 6.45) is 1.97. The minimum absolute atomic E-state index is 0.192. The van der Waals surface area contributed by atoms with Gasteiger partial charge in [0.15, 0.2) is 11.6 Å². The number of rotatable bonds is 1. The van der Waals surface area contributed by atoms with Crippen LogP contribution >= 0.6 is 0 Å². The molecule has 0 radical (unpaired) electrons. The highest BCUT2D eigenvalue weighted by Gasteiger charge is 2.51. The van der Waals surface area contributed by atoms with Crippen LogP contribution in [0.3, 0.4) is 0 Å². The highest BCUT2D eigenvalue weighted by molar-refractivity contribution is 5.75. The topological polar surface area (TPSA) is 49.2 Å². The molecule has 0 amide bonds. The number of hydrogen-bond acceptors (Lipinski definition) is 4. The van der Waals surface area contributed by atoms with Gasteiger partial charge in [-0.1, -0.05) is 0 Å². The molecule has 1 aliphatic carbocycles. The molecule has 0 N–H and O–H groups in total. The van der Waals surface area contributed by atoms with Crippen molar-refractivity contribution in [2.24, 2.45) is 0 Å². The van der Waals surface area contributed by atoms with E-state index in [9.17, 15) is 13.2 Å². The van der Waals surface area contributed by atoms with Gasteiger partial charge in [-0.15, -0.1) is 0 Å². The molecular formula is C14H12F3N3O2. The molecule has 0 spiro atoms. The van der Waals surface area contributed by atoms with E-state index in [0.29, 0.717) is 0 Å². The maximum atomic E-state index is 14.3. The Morgan fingerprint density at radius 3 is 2.73 bits per heavy atom. The highest BCUT2D eigenvalue weighted by Crippen LogP contribution is 2.44. The highest BCUT2D eigenvalue weighted by atomic mass is 19.1. The molecule has 1 aliphatic heterocycles. The predicted octanol–water partition coefficient (Wildman–Crippen LogP) is 2.64. The maximum Gasteiger partial charge on any atom is 0.239 e. The molecule has 0 saturated carbocycles. The molecule has 0 unspecified atom stereocenters. The Morgan fingerprint density at radius 2 is 1.95 bits per heavy atom. The van der Waals surface area contributed by atoms with Gasteiger partial charge in [0.2, 0.25) is 5.95 Å². The summed E-state index contributed by atoms with van der Waals surface area (Å²) in [7, 11) is 0. The van der Waals surface area contributed by atoms with E-state index in [1.807, 2.05) is 0 Å². The van der Waals surface area contributed by atoms with Crippen LogP contribution in [-0.2, 0) is 9.47 Å². The summed E-state index contributed by atoms with van der Waals surface area (Å²) in [5, 5.41) is 0. The van der Waals surface area contributed by atoms with Crippen molar-refractivity contribution in [3.63, 3.8) is 0 Å². The van der Waals surface area contributed by atoms with Crippen molar-refractivity contribution in [1.82, 2.24) is 14.5 Å². The molecule has 116 valence electrons. The molecule has 1 saturated heterocycles. The zero-order chi connectivity index (χ0) is 15.6. The monoisotopic (exact) mass is 311 g/mol. The normalized spacial score (nSPS) is 29.9. The molecular weight excluding hydrogens is 299 g/mol. The van der Waals surface area contributed by atoms with Gasteiger partial charge in [0.25, 0.3) is 0 Å². The standard InChI is InChI=1S/C14H12F3N3O2/c1-14(2)21-8-3-6(15)10(12(8)22-14)20-5-19-9-7(16)4-18-13(17)11(9)20/h3-5,8,10,12H,1-2H3/t8-,10-,12-/m1/s1. The number of ether oxygens (including phenoxy) is 2. The van der Waals surface area contributed by atoms with Crippen molar-refractivity contribution in [2.45, 2.75) is 37.9 Å². The summed E-state index contributed by atoms with van der Waals surface area (Å²) >= 11 is 0. The van der Waals surface area contributed by atoms with E-state index in [1.54, 1.807) is 13.8 Å². The van der Waals surface area contributed by atoms with Gasteiger partial charge in [0, 0.05) is 0 Å². The molecule has 2 aliphatic rings.